The van der Waals surface area contributed by atoms with Crippen molar-refractivity contribution in [2.24, 2.45) is 5.41 Å². The number of fused-ring (bicyclic) bond motifs is 1. The van der Waals surface area contributed by atoms with Crippen LogP contribution in [-0.2, 0) is 13.0 Å². The first-order valence-corrected chi connectivity index (χ1v) is 9.10. The highest BCUT2D eigenvalue weighted by Gasteiger charge is 2.42. The number of hydrogen-bond donors (Lipinski definition) is 0. The van der Waals surface area contributed by atoms with Gasteiger partial charge in [-0.2, -0.15) is 0 Å². The molecule has 114 valence electrons. The van der Waals surface area contributed by atoms with Crippen LogP contribution in [0.25, 0.3) is 11.0 Å². The highest BCUT2D eigenvalue weighted by Crippen LogP contribution is 2.51. The molecule has 0 spiro atoms. The maximum absolute atomic E-state index is 13.9. The van der Waals surface area contributed by atoms with E-state index in [2.05, 4.69) is 16.5 Å². The summed E-state index contributed by atoms with van der Waals surface area (Å²) in [5.41, 5.74) is 2.20. The summed E-state index contributed by atoms with van der Waals surface area (Å²) in [6.07, 6.45) is 5.71. The van der Waals surface area contributed by atoms with E-state index in [1.165, 1.54) is 25.7 Å². The van der Waals surface area contributed by atoms with Gasteiger partial charge < -0.3 is 4.57 Å². The van der Waals surface area contributed by atoms with Crippen LogP contribution < -0.4 is 0 Å². The zero-order valence-corrected chi connectivity index (χ0v) is 15.0. The smallest absolute Gasteiger partial charge is 0.138 e. The topological polar surface area (TPSA) is 17.8 Å². The quantitative estimate of drug-likeness (QED) is 0.467. The van der Waals surface area contributed by atoms with E-state index in [1.807, 2.05) is 28.7 Å². The maximum atomic E-state index is 13.9. The van der Waals surface area contributed by atoms with Crippen LogP contribution in [0.3, 0.4) is 0 Å². The van der Waals surface area contributed by atoms with E-state index in [4.69, 9.17) is 11.6 Å². The molecule has 1 aliphatic carbocycles. The summed E-state index contributed by atoms with van der Waals surface area (Å²) in [4.78, 5) is 4.68. The molecule has 0 aliphatic heterocycles. The van der Waals surface area contributed by atoms with Crippen LogP contribution in [0.2, 0.25) is 0 Å². The molecule has 0 radical (unpaired) electrons. The van der Waals surface area contributed by atoms with Crippen LogP contribution in [0.5, 0.6) is 0 Å². The summed E-state index contributed by atoms with van der Waals surface area (Å²) in [6.45, 7) is 3.18. The summed E-state index contributed by atoms with van der Waals surface area (Å²) < 4.78 is 16.8. The number of aryl methyl sites for hydroxylation is 1. The van der Waals surface area contributed by atoms with Gasteiger partial charge in [0.2, 0.25) is 0 Å². The third-order valence-corrected chi connectivity index (χ3v) is 5.43. The van der Waals surface area contributed by atoms with Gasteiger partial charge in [0, 0.05) is 24.9 Å². The Hall–Kier alpha value is -0.360. The van der Waals surface area contributed by atoms with E-state index in [1.54, 1.807) is 6.07 Å². The molecular weight excluding hydrogens is 402 g/mol. The minimum absolute atomic E-state index is 0.165. The molecule has 5 heteroatoms. The third kappa shape index (κ3) is 3.07. The number of alkyl halides is 1. The number of aromatic nitrogens is 2. The van der Waals surface area contributed by atoms with E-state index >= 15 is 0 Å². The molecule has 0 unspecified atom stereocenters. The molecule has 0 amide bonds. The van der Waals surface area contributed by atoms with E-state index in [9.17, 15) is 4.39 Å². The van der Waals surface area contributed by atoms with E-state index < -0.39 is 0 Å². The maximum Gasteiger partial charge on any atom is 0.138 e. The average Bonchev–Trinajstić information content (AvgIpc) is 3.13. The van der Waals surface area contributed by atoms with Crippen molar-refractivity contribution in [2.75, 3.05) is 5.88 Å². The van der Waals surface area contributed by atoms with Crippen molar-refractivity contribution >= 4 is 45.2 Å². The number of benzene rings is 1. The van der Waals surface area contributed by atoms with Gasteiger partial charge in [0.1, 0.15) is 11.6 Å². The zero-order chi connectivity index (χ0) is 15.0. The number of hydrogen-bond acceptors (Lipinski definition) is 1. The molecule has 2 aromatic rings. The Kier molecular flexibility index (Phi) is 4.46. The lowest BCUT2D eigenvalue weighted by atomic mass is 10.0. The Morgan fingerprint density at radius 3 is 2.81 bits per heavy atom. The normalized spacial score (nSPS) is 16.6. The van der Waals surface area contributed by atoms with Crippen molar-refractivity contribution in [2.45, 2.75) is 45.6 Å². The van der Waals surface area contributed by atoms with Gasteiger partial charge in [-0.15, -0.1) is 11.6 Å². The predicted molar refractivity (Wildman–Crippen MR) is 93.4 cm³/mol. The number of imidazole rings is 1. The molecule has 2 nitrogen and oxygen atoms in total. The van der Waals surface area contributed by atoms with Gasteiger partial charge in [0.05, 0.1) is 14.6 Å². The molecule has 21 heavy (non-hydrogen) atoms. The molecule has 0 N–H and O–H groups in total. The second-order valence-corrected chi connectivity index (χ2v) is 7.60. The van der Waals surface area contributed by atoms with Gasteiger partial charge in [0.25, 0.3) is 0 Å². The van der Waals surface area contributed by atoms with Crippen LogP contribution in [0.1, 0.15) is 38.4 Å². The molecule has 3 rings (SSSR count). The fourth-order valence-electron chi connectivity index (χ4n) is 3.15. The van der Waals surface area contributed by atoms with Crippen molar-refractivity contribution in [1.29, 1.82) is 0 Å². The monoisotopic (exact) mass is 420 g/mol. The average molecular weight is 421 g/mol. The Labute approximate surface area is 143 Å². The molecule has 1 aromatic carbocycles. The first-order valence-electron chi connectivity index (χ1n) is 7.49. The highest BCUT2D eigenvalue weighted by molar-refractivity contribution is 14.1. The molecule has 1 aromatic heterocycles. The second kappa shape index (κ2) is 6.03. The number of rotatable bonds is 6. The van der Waals surface area contributed by atoms with Gasteiger partial charge in [-0.05, 0) is 53.3 Å². The molecule has 1 aliphatic rings. The Balaban J connectivity index is 2.05. The molecule has 1 saturated carbocycles. The Morgan fingerprint density at radius 1 is 1.43 bits per heavy atom. The minimum Gasteiger partial charge on any atom is -0.327 e. The van der Waals surface area contributed by atoms with Crippen LogP contribution in [0, 0.1) is 14.8 Å². The van der Waals surface area contributed by atoms with Crippen LogP contribution in [0.15, 0.2) is 12.1 Å². The van der Waals surface area contributed by atoms with E-state index in [-0.39, 0.29) is 5.82 Å². The van der Waals surface area contributed by atoms with E-state index in [0.717, 1.165) is 29.8 Å². The summed E-state index contributed by atoms with van der Waals surface area (Å²) >= 11 is 7.94. The molecule has 1 fully saturated rings. The molecule has 0 bridgehead atoms. The molecule has 1 heterocycles. The molecule has 0 saturated heterocycles. The van der Waals surface area contributed by atoms with Crippen molar-refractivity contribution in [1.82, 2.24) is 9.55 Å². The van der Waals surface area contributed by atoms with Crippen molar-refractivity contribution in [3.8, 4) is 0 Å². The Morgan fingerprint density at radius 2 is 2.19 bits per heavy atom. The van der Waals surface area contributed by atoms with Gasteiger partial charge in [-0.3, -0.25) is 0 Å². The van der Waals surface area contributed by atoms with Crippen LogP contribution >= 0.6 is 34.2 Å². The SMILES string of the molecule is CCCC1(Cn2c(CCCl)nc3cc(I)c(F)cc32)CC1. The minimum atomic E-state index is -0.165. The highest BCUT2D eigenvalue weighted by atomic mass is 127. The summed E-state index contributed by atoms with van der Waals surface area (Å²) in [5, 5.41) is 0. The lowest BCUT2D eigenvalue weighted by Crippen LogP contribution is -2.14. The largest absolute Gasteiger partial charge is 0.327 e. The summed E-state index contributed by atoms with van der Waals surface area (Å²) in [5.74, 6) is 1.37. The van der Waals surface area contributed by atoms with Crippen molar-refractivity contribution in [3.63, 3.8) is 0 Å². The fraction of sp³-hybridized carbons (Fsp3) is 0.562. The fourth-order valence-corrected chi connectivity index (χ4v) is 3.77. The number of halogens is 3. The zero-order valence-electron chi connectivity index (χ0n) is 12.1. The Bertz CT molecular complexity index is 664. The predicted octanol–water partition coefficient (Wildman–Crippen LogP) is 5.14. The molecular formula is C16H19ClFIN2. The number of nitrogens with zero attached hydrogens (tertiary/aromatic N) is 2. The van der Waals surface area contributed by atoms with E-state index in [0.29, 0.717) is 14.9 Å². The van der Waals surface area contributed by atoms with Crippen molar-refractivity contribution < 1.29 is 4.39 Å². The van der Waals surface area contributed by atoms with Crippen LogP contribution in [-0.4, -0.2) is 15.4 Å². The third-order valence-electron chi connectivity index (χ3n) is 4.42. The summed E-state index contributed by atoms with van der Waals surface area (Å²) in [6, 6.07) is 3.46. The van der Waals surface area contributed by atoms with Gasteiger partial charge in [-0.25, -0.2) is 9.37 Å². The van der Waals surface area contributed by atoms with Gasteiger partial charge in [0.15, 0.2) is 0 Å². The first kappa shape index (κ1) is 15.5. The van der Waals surface area contributed by atoms with Crippen LogP contribution in [0.4, 0.5) is 4.39 Å². The first-order chi connectivity index (χ1) is 10.1. The standard InChI is InChI=1S/C16H19ClFIN2/c1-2-4-16(5-6-16)10-21-14-8-11(18)12(19)9-13(14)20-15(21)3-7-17/h8-9H,2-7,10H2,1H3. The van der Waals surface area contributed by atoms with Crippen molar-refractivity contribution in [3.05, 3.63) is 27.3 Å². The summed E-state index contributed by atoms with van der Waals surface area (Å²) in [7, 11) is 0. The molecule has 0 atom stereocenters. The van der Waals surface area contributed by atoms with Gasteiger partial charge in [-0.1, -0.05) is 13.3 Å². The second-order valence-electron chi connectivity index (χ2n) is 6.06. The van der Waals surface area contributed by atoms with Gasteiger partial charge >= 0.3 is 0 Å². The lowest BCUT2D eigenvalue weighted by Gasteiger charge is -2.17. The lowest BCUT2D eigenvalue weighted by molar-refractivity contribution is 0.387.